The fourth-order valence-electron chi connectivity index (χ4n) is 2.15. The summed E-state index contributed by atoms with van der Waals surface area (Å²) in [5.74, 6) is -0.634. The normalized spacial score (nSPS) is 10.6. The van der Waals surface area contributed by atoms with Crippen LogP contribution in [0.15, 0.2) is 30.3 Å². The van der Waals surface area contributed by atoms with Crippen LogP contribution in [0.2, 0.25) is 0 Å². The summed E-state index contributed by atoms with van der Waals surface area (Å²) in [6.45, 7) is 0. The van der Waals surface area contributed by atoms with Crippen molar-refractivity contribution in [3.63, 3.8) is 0 Å². The number of H-pyrrole nitrogens is 1. The van der Waals surface area contributed by atoms with Crippen LogP contribution in [0, 0.1) is 5.95 Å². The zero-order chi connectivity index (χ0) is 15.7. The molecule has 112 valence electrons. The van der Waals surface area contributed by atoms with Crippen molar-refractivity contribution in [2.45, 2.75) is 0 Å². The molecule has 1 amide bonds. The van der Waals surface area contributed by atoms with Gasteiger partial charge in [0.15, 0.2) is 5.82 Å². The third-order valence-corrected chi connectivity index (χ3v) is 3.19. The van der Waals surface area contributed by atoms with Crippen LogP contribution in [-0.4, -0.2) is 28.1 Å². The highest BCUT2D eigenvalue weighted by atomic mass is 19.1. The molecule has 7 nitrogen and oxygen atoms in total. The molecule has 1 aromatic carbocycles. The van der Waals surface area contributed by atoms with Gasteiger partial charge in [-0.25, -0.2) is 4.98 Å². The van der Waals surface area contributed by atoms with Crippen molar-refractivity contribution in [3.8, 4) is 0 Å². The van der Waals surface area contributed by atoms with Crippen molar-refractivity contribution in [3.05, 3.63) is 41.8 Å². The van der Waals surface area contributed by atoms with Gasteiger partial charge in [-0.15, -0.1) is 0 Å². The van der Waals surface area contributed by atoms with Crippen LogP contribution in [0.5, 0.6) is 0 Å². The Morgan fingerprint density at radius 1 is 1.27 bits per heavy atom. The Labute approximate surface area is 124 Å². The second-order valence-electron chi connectivity index (χ2n) is 4.60. The zero-order valence-electron chi connectivity index (χ0n) is 11.6. The van der Waals surface area contributed by atoms with Crippen LogP contribution < -0.4 is 16.4 Å². The molecule has 0 aliphatic heterocycles. The summed E-state index contributed by atoms with van der Waals surface area (Å²) in [5, 5.41) is 13.7. The first-order valence-corrected chi connectivity index (χ1v) is 6.47. The van der Waals surface area contributed by atoms with E-state index >= 15 is 0 Å². The lowest BCUT2D eigenvalue weighted by molar-refractivity contribution is 0.100. The minimum absolute atomic E-state index is 0.0707. The topological polar surface area (TPSA) is 109 Å². The number of anilines is 3. The number of carbonyl (C=O) groups is 1. The number of hydrogen-bond donors (Lipinski definition) is 4. The van der Waals surface area contributed by atoms with Gasteiger partial charge in [0.1, 0.15) is 5.82 Å². The van der Waals surface area contributed by atoms with Crippen LogP contribution in [0.3, 0.4) is 0 Å². The summed E-state index contributed by atoms with van der Waals surface area (Å²) in [6, 6.07) is 7.76. The summed E-state index contributed by atoms with van der Waals surface area (Å²) in [4.78, 5) is 15.1. The standard InChI is InChI=1S/C14H13FN6O/c1-17-13-9-6-7(2-4-10(9)20-21-13)18-14-8(12(16)22)3-5-11(15)19-14/h2-6H,1H3,(H2,16,22)(H,18,19)(H2,17,20,21). The first-order valence-electron chi connectivity index (χ1n) is 6.47. The molecule has 3 rings (SSSR count). The molecule has 5 N–H and O–H groups in total. The van der Waals surface area contributed by atoms with E-state index in [1.807, 2.05) is 12.1 Å². The second-order valence-corrected chi connectivity index (χ2v) is 4.60. The maximum absolute atomic E-state index is 13.3. The minimum atomic E-state index is -0.701. The average Bonchev–Trinajstić information content (AvgIpc) is 2.89. The number of hydrogen-bond acceptors (Lipinski definition) is 5. The van der Waals surface area contributed by atoms with Crippen molar-refractivity contribution in [1.82, 2.24) is 15.2 Å². The van der Waals surface area contributed by atoms with Gasteiger partial charge in [0.25, 0.3) is 5.91 Å². The number of nitrogens with zero attached hydrogens (tertiary/aromatic N) is 2. The Morgan fingerprint density at radius 3 is 2.82 bits per heavy atom. The summed E-state index contributed by atoms with van der Waals surface area (Å²) >= 11 is 0. The smallest absolute Gasteiger partial charge is 0.252 e. The van der Waals surface area contributed by atoms with Crippen LogP contribution in [0.4, 0.5) is 21.7 Å². The van der Waals surface area contributed by atoms with Crippen molar-refractivity contribution >= 4 is 34.1 Å². The maximum Gasteiger partial charge on any atom is 0.252 e. The molecular formula is C14H13FN6O. The Hall–Kier alpha value is -3.16. The lowest BCUT2D eigenvalue weighted by Crippen LogP contribution is -2.14. The Kier molecular flexibility index (Phi) is 3.34. The van der Waals surface area contributed by atoms with Gasteiger partial charge in [-0.05, 0) is 30.3 Å². The van der Waals surface area contributed by atoms with Gasteiger partial charge in [0, 0.05) is 18.1 Å². The number of rotatable bonds is 4. The Bertz CT molecular complexity index is 860. The third-order valence-electron chi connectivity index (χ3n) is 3.19. The molecule has 2 heterocycles. The predicted molar refractivity (Wildman–Crippen MR) is 81.6 cm³/mol. The molecule has 22 heavy (non-hydrogen) atoms. The number of fused-ring (bicyclic) bond motifs is 1. The number of aromatic amines is 1. The number of amides is 1. The largest absolute Gasteiger partial charge is 0.371 e. The maximum atomic E-state index is 13.3. The Balaban J connectivity index is 2.02. The Morgan fingerprint density at radius 2 is 2.09 bits per heavy atom. The molecule has 0 fully saturated rings. The van der Waals surface area contributed by atoms with Crippen molar-refractivity contribution in [1.29, 1.82) is 0 Å². The monoisotopic (exact) mass is 300 g/mol. The number of nitrogens with two attached hydrogens (primary N) is 1. The number of nitrogens with one attached hydrogen (secondary N) is 3. The minimum Gasteiger partial charge on any atom is -0.371 e. The molecule has 0 bridgehead atoms. The number of carbonyl (C=O) groups excluding carboxylic acids is 1. The van der Waals surface area contributed by atoms with Gasteiger partial charge in [-0.2, -0.15) is 9.49 Å². The van der Waals surface area contributed by atoms with Crippen LogP contribution in [-0.2, 0) is 0 Å². The first-order chi connectivity index (χ1) is 10.6. The average molecular weight is 300 g/mol. The molecule has 0 aliphatic carbocycles. The molecule has 2 aromatic heterocycles. The summed E-state index contributed by atoms with van der Waals surface area (Å²) in [5.41, 5.74) is 6.86. The summed E-state index contributed by atoms with van der Waals surface area (Å²) in [6.07, 6.45) is 0. The first kappa shape index (κ1) is 13.8. The van der Waals surface area contributed by atoms with Crippen LogP contribution in [0.1, 0.15) is 10.4 Å². The van der Waals surface area contributed by atoms with E-state index in [1.165, 1.54) is 6.07 Å². The van der Waals surface area contributed by atoms with Crippen LogP contribution >= 0.6 is 0 Å². The van der Waals surface area contributed by atoms with E-state index in [-0.39, 0.29) is 11.4 Å². The van der Waals surface area contributed by atoms with Crippen molar-refractivity contribution in [2.24, 2.45) is 5.73 Å². The summed E-state index contributed by atoms with van der Waals surface area (Å²) in [7, 11) is 1.76. The number of benzene rings is 1. The highest BCUT2D eigenvalue weighted by Gasteiger charge is 2.12. The lowest BCUT2D eigenvalue weighted by atomic mass is 10.2. The van der Waals surface area contributed by atoms with E-state index in [9.17, 15) is 9.18 Å². The molecule has 3 aromatic rings. The third kappa shape index (κ3) is 2.41. The molecule has 0 radical (unpaired) electrons. The molecule has 0 aliphatic rings. The molecule has 0 saturated carbocycles. The van der Waals surface area contributed by atoms with Gasteiger partial charge >= 0.3 is 0 Å². The van der Waals surface area contributed by atoms with E-state index in [0.29, 0.717) is 11.5 Å². The van der Waals surface area contributed by atoms with E-state index in [1.54, 1.807) is 13.1 Å². The van der Waals surface area contributed by atoms with E-state index in [2.05, 4.69) is 25.8 Å². The molecule has 8 heteroatoms. The van der Waals surface area contributed by atoms with Gasteiger partial charge < -0.3 is 16.4 Å². The molecule has 0 spiro atoms. The SMILES string of the molecule is CNc1n[nH]c2ccc(Nc3nc(F)ccc3C(N)=O)cc12. The van der Waals surface area contributed by atoms with E-state index in [4.69, 9.17) is 5.73 Å². The van der Waals surface area contributed by atoms with E-state index in [0.717, 1.165) is 17.0 Å². The van der Waals surface area contributed by atoms with E-state index < -0.39 is 11.9 Å². The van der Waals surface area contributed by atoms with Gasteiger partial charge in [0.05, 0.1) is 11.1 Å². The summed E-state index contributed by atoms with van der Waals surface area (Å²) < 4.78 is 13.3. The van der Waals surface area contributed by atoms with Gasteiger partial charge in [-0.1, -0.05) is 0 Å². The highest BCUT2D eigenvalue weighted by Crippen LogP contribution is 2.26. The number of aromatic nitrogens is 3. The quantitative estimate of drug-likeness (QED) is 0.551. The lowest BCUT2D eigenvalue weighted by Gasteiger charge is -2.09. The van der Waals surface area contributed by atoms with Crippen molar-refractivity contribution in [2.75, 3.05) is 17.7 Å². The predicted octanol–water partition coefficient (Wildman–Crippen LogP) is 1.98. The second kappa shape index (κ2) is 5.32. The van der Waals surface area contributed by atoms with Gasteiger partial charge in [0.2, 0.25) is 5.95 Å². The fraction of sp³-hybridized carbons (Fsp3) is 0.0714. The molecule has 0 unspecified atom stereocenters. The van der Waals surface area contributed by atoms with Crippen LogP contribution in [0.25, 0.3) is 10.9 Å². The fourth-order valence-corrected chi connectivity index (χ4v) is 2.15. The van der Waals surface area contributed by atoms with Gasteiger partial charge in [-0.3, -0.25) is 9.89 Å². The zero-order valence-corrected chi connectivity index (χ0v) is 11.6. The number of primary amides is 1. The van der Waals surface area contributed by atoms with Crippen molar-refractivity contribution < 1.29 is 9.18 Å². The molecule has 0 atom stereocenters. The number of pyridine rings is 1. The molecular weight excluding hydrogens is 287 g/mol. The molecule has 0 saturated heterocycles. The number of halogens is 1. The highest BCUT2D eigenvalue weighted by molar-refractivity contribution is 5.99.